The van der Waals surface area contributed by atoms with E-state index in [0.717, 1.165) is 0 Å². The fourth-order valence-electron chi connectivity index (χ4n) is 0. The molecule has 7 heavy (non-hydrogen) atoms. The summed E-state index contributed by atoms with van der Waals surface area (Å²) in [7, 11) is 0. The van der Waals surface area contributed by atoms with Crippen molar-refractivity contribution in [1.29, 1.82) is 0 Å². The molecule has 0 aromatic carbocycles. The van der Waals surface area contributed by atoms with Crippen molar-refractivity contribution in [3.05, 3.63) is 0 Å². The van der Waals surface area contributed by atoms with Crippen LogP contribution in [0.5, 0.6) is 0 Å². The molecule has 0 aliphatic carbocycles. The third kappa shape index (κ3) is 1750. The van der Waals surface area contributed by atoms with Gasteiger partial charge in [0.2, 0.25) is 0 Å². The van der Waals surface area contributed by atoms with Crippen LogP contribution in [0.2, 0.25) is 0 Å². The van der Waals surface area contributed by atoms with Gasteiger partial charge in [0, 0.05) is 18.6 Å². The fraction of sp³-hybridized carbons (Fsp3) is 0. The second kappa shape index (κ2) is 2670. The molecule has 53 valence electrons. The third-order valence-corrected chi connectivity index (χ3v) is 0. The largest absolute Gasteiger partial charge is 0.412 e. The van der Waals surface area contributed by atoms with Crippen LogP contribution in [-0.2, 0) is 18.6 Å². The van der Waals surface area contributed by atoms with Gasteiger partial charge in [-0.15, -0.1) is 0 Å². The predicted octanol–water partition coefficient (Wildman–Crippen LogP) is -2.02. The Morgan fingerprint density at radius 3 is 0.429 bits per heavy atom. The van der Waals surface area contributed by atoms with Gasteiger partial charge in [0.05, 0.1) is 0 Å². The molecule has 0 atom stereocenters. The van der Waals surface area contributed by atoms with E-state index in [1.54, 1.807) is 0 Å². The van der Waals surface area contributed by atoms with E-state index in [1.165, 1.54) is 0 Å². The molecule has 0 saturated heterocycles. The van der Waals surface area contributed by atoms with Crippen LogP contribution < -0.4 is 0 Å². The summed E-state index contributed by atoms with van der Waals surface area (Å²) in [6, 6.07) is 0. The number of rotatable bonds is 0. The van der Waals surface area contributed by atoms with E-state index >= 15 is 0 Å². The summed E-state index contributed by atoms with van der Waals surface area (Å²) in [6.45, 7) is 0. The first-order chi connectivity index (χ1) is 0. The molecule has 0 amide bonds. The van der Waals surface area contributed by atoms with Gasteiger partial charge in [-0.05, 0) is 0 Å². The Balaban J connectivity index is 0. The van der Waals surface area contributed by atoms with Gasteiger partial charge >= 0.3 is 0 Å². The van der Waals surface area contributed by atoms with E-state index in [0.29, 0.717) is 0 Å². The summed E-state index contributed by atoms with van der Waals surface area (Å²) >= 11 is 0. The monoisotopic (exact) mass is 165 g/mol. The quantitative estimate of drug-likeness (QED) is 0.396. The molecule has 0 fully saturated rings. The van der Waals surface area contributed by atoms with Crippen molar-refractivity contribution < 1.29 is 49.1 Å². The molecule has 0 rings (SSSR count). The van der Waals surface area contributed by atoms with E-state index in [1.807, 2.05) is 0 Å². The summed E-state index contributed by atoms with van der Waals surface area (Å²) in [5.41, 5.74) is 0. The fourth-order valence-corrected chi connectivity index (χ4v) is 0. The van der Waals surface area contributed by atoms with Crippen molar-refractivity contribution >= 4 is 0 Å². The summed E-state index contributed by atoms with van der Waals surface area (Å²) < 4.78 is 0. The van der Waals surface area contributed by atoms with E-state index in [9.17, 15) is 0 Å². The van der Waals surface area contributed by atoms with Crippen LogP contribution in [-0.4, -0.2) is 16.4 Å². The summed E-state index contributed by atoms with van der Waals surface area (Å²) in [5, 5.41) is 0. The molecule has 1 radical (unpaired) electrons. The van der Waals surface area contributed by atoms with E-state index in [-0.39, 0.29) is 49.1 Å². The third-order valence-electron chi connectivity index (χ3n) is 0. The molecule has 0 aliphatic heterocycles. The maximum atomic E-state index is 0. The first-order valence-electron chi connectivity index (χ1n) is 0. The van der Waals surface area contributed by atoms with Gasteiger partial charge < -0.3 is 16.4 Å². The van der Waals surface area contributed by atoms with E-state index in [2.05, 4.69) is 0 Å². The Morgan fingerprint density at radius 2 is 0.429 bits per heavy atom. The topological polar surface area (TPSA) is 94.5 Å². The zero-order valence-electron chi connectivity index (χ0n) is 3.17. The zero-order chi connectivity index (χ0) is 0. The van der Waals surface area contributed by atoms with E-state index < -0.39 is 0 Å². The number of hydrogen-bond donors (Lipinski definition) is 0. The summed E-state index contributed by atoms with van der Waals surface area (Å²) in [4.78, 5) is 0. The molecule has 0 spiro atoms. The van der Waals surface area contributed by atoms with Gasteiger partial charge in [0.25, 0.3) is 0 Å². The minimum absolute atomic E-state index is 0. The average Bonchev–Trinajstić information content (AvgIpc) is 0. The molecule has 0 heterocycles. The summed E-state index contributed by atoms with van der Waals surface area (Å²) in [5.74, 6) is 0. The molecule has 0 aromatic heterocycles. The Bertz CT molecular complexity index is 10.1. The Kier molecular flexibility index (Phi) is 1670000. The number of hydrogen-bond acceptors (Lipinski definition) is 0. The van der Waals surface area contributed by atoms with Crippen LogP contribution in [0.3, 0.4) is 0 Å². The Hall–Kier alpha value is 0.254. The minimum Gasteiger partial charge on any atom is -0.412 e. The van der Waals surface area contributed by atoms with Crippen LogP contribution in [0.4, 0.5) is 14.1 Å². The van der Waals surface area contributed by atoms with Crippen molar-refractivity contribution in [1.82, 2.24) is 0 Å². The van der Waals surface area contributed by atoms with Crippen molar-refractivity contribution in [3.63, 3.8) is 0 Å². The zero-order valence-corrected chi connectivity index (χ0v) is 4.57. The number of halogens is 3. The van der Waals surface area contributed by atoms with Gasteiger partial charge in [0.15, 0.2) is 0 Å². The molecule has 0 aliphatic rings. The first kappa shape index (κ1) is 4380. The van der Waals surface area contributed by atoms with E-state index in [4.69, 9.17) is 0 Å². The maximum absolute atomic E-state index is 0. The molecule has 0 saturated carbocycles. The molecule has 7 heteroatoms. The molecular weight excluding hydrogens is 156 g/mol. The second-order valence-electron chi connectivity index (χ2n) is 0. The van der Waals surface area contributed by atoms with Crippen molar-refractivity contribution in [3.8, 4) is 0 Å². The van der Waals surface area contributed by atoms with Crippen LogP contribution >= 0.6 is 0 Å². The smallest absolute Gasteiger partial charge is 0 e. The van der Waals surface area contributed by atoms with Crippen LogP contribution in [0, 0.1) is 0 Å². The van der Waals surface area contributed by atoms with Crippen LogP contribution in [0.25, 0.3) is 0 Å². The van der Waals surface area contributed by atoms with Crippen molar-refractivity contribution in [2.75, 3.05) is 0 Å². The van der Waals surface area contributed by atoms with Crippen LogP contribution in [0.15, 0.2) is 0 Å². The molecule has 0 unspecified atom stereocenters. The Morgan fingerprint density at radius 1 is 0.429 bits per heavy atom. The maximum Gasteiger partial charge on any atom is 0 e. The van der Waals surface area contributed by atoms with Gasteiger partial charge in [-0.25, -0.2) is 0 Å². The average molecular weight is 165 g/mol. The molecule has 6 N–H and O–H groups in total. The predicted molar refractivity (Wildman–Crippen MR) is 18.4 cm³/mol. The Labute approximate surface area is 50.0 Å². The molecule has 0 bridgehead atoms. The molecular formula is H9F3O3V. The van der Waals surface area contributed by atoms with Crippen LogP contribution in [0.1, 0.15) is 0 Å². The van der Waals surface area contributed by atoms with Gasteiger partial charge in [-0.3, -0.25) is 14.1 Å². The van der Waals surface area contributed by atoms with Gasteiger partial charge in [0.1, 0.15) is 0 Å². The van der Waals surface area contributed by atoms with Crippen molar-refractivity contribution in [2.24, 2.45) is 0 Å². The molecule has 0 aromatic rings. The van der Waals surface area contributed by atoms with Gasteiger partial charge in [-0.1, -0.05) is 0 Å². The van der Waals surface area contributed by atoms with Crippen molar-refractivity contribution in [2.45, 2.75) is 0 Å². The normalized spacial score (nSPS) is 0. The SMILES string of the molecule is F.F.F.O.O.O.[V]. The minimum atomic E-state index is 0. The second-order valence-corrected chi connectivity index (χ2v) is 0. The summed E-state index contributed by atoms with van der Waals surface area (Å²) in [6.07, 6.45) is 0. The molecule has 3 nitrogen and oxygen atoms in total. The van der Waals surface area contributed by atoms with Gasteiger partial charge in [-0.2, -0.15) is 0 Å². The standard InChI is InChI=1S/3FH.3H2O.V/h3*1H;3*1H2;. The first-order valence-corrected chi connectivity index (χ1v) is 0.